The van der Waals surface area contributed by atoms with Crippen LogP contribution in [0.3, 0.4) is 0 Å². The van der Waals surface area contributed by atoms with Crippen molar-refractivity contribution in [2.45, 2.75) is 32.5 Å². The van der Waals surface area contributed by atoms with Crippen molar-refractivity contribution in [1.82, 2.24) is 9.88 Å². The second kappa shape index (κ2) is 6.46. The molecule has 0 N–H and O–H groups in total. The number of pyridine rings is 1. The number of fused-ring (bicyclic) bond motifs is 1. The first-order valence-electron chi connectivity index (χ1n) is 7.32. The average molecular weight is 303 g/mol. The third-order valence-electron chi connectivity index (χ3n) is 3.75. The Morgan fingerprint density at radius 1 is 1.33 bits per heavy atom. The van der Waals surface area contributed by atoms with Crippen molar-refractivity contribution < 1.29 is 4.74 Å². The molecule has 3 nitrogen and oxygen atoms in total. The number of aromatic nitrogens is 1. The predicted octanol–water partition coefficient (Wildman–Crippen LogP) is 3.91. The monoisotopic (exact) mass is 302 g/mol. The Bertz CT molecular complexity index is 603. The highest BCUT2D eigenvalue weighted by Gasteiger charge is 2.22. The maximum atomic E-state index is 6.11. The summed E-state index contributed by atoms with van der Waals surface area (Å²) in [6, 6.07) is 11.9. The summed E-state index contributed by atoms with van der Waals surface area (Å²) in [6.07, 6.45) is 3.01. The molecule has 0 spiro atoms. The molecule has 1 aliphatic rings. The van der Waals surface area contributed by atoms with E-state index in [4.69, 9.17) is 16.3 Å². The van der Waals surface area contributed by atoms with Gasteiger partial charge in [-0.15, -0.1) is 0 Å². The summed E-state index contributed by atoms with van der Waals surface area (Å²) in [4.78, 5) is 6.81. The normalized spacial score (nSPS) is 18.7. The van der Waals surface area contributed by atoms with Gasteiger partial charge in [0.2, 0.25) is 0 Å². The molecule has 0 bridgehead atoms. The Morgan fingerprint density at radius 3 is 3.00 bits per heavy atom. The fraction of sp³-hybridized carbons (Fsp3) is 0.353. The molecule has 0 saturated carbocycles. The second-order valence-corrected chi connectivity index (χ2v) is 5.83. The molecular weight excluding hydrogens is 284 g/mol. The van der Waals surface area contributed by atoms with Gasteiger partial charge in [-0.25, -0.2) is 0 Å². The zero-order valence-corrected chi connectivity index (χ0v) is 12.9. The lowest BCUT2D eigenvalue weighted by Crippen LogP contribution is -2.32. The van der Waals surface area contributed by atoms with Crippen molar-refractivity contribution >= 4 is 11.6 Å². The number of hydrogen-bond acceptors (Lipinski definition) is 3. The van der Waals surface area contributed by atoms with Gasteiger partial charge in [-0.3, -0.25) is 9.88 Å². The van der Waals surface area contributed by atoms with Gasteiger partial charge in [0.05, 0.1) is 5.69 Å². The van der Waals surface area contributed by atoms with E-state index in [9.17, 15) is 0 Å². The second-order valence-electron chi connectivity index (χ2n) is 5.39. The standard InChI is InChI=1S/C17H19ClN2O/c1-2-16-12-20(11-15-5-3-4-8-19-15)10-13-6-7-14(18)9-17(13)21-16/h3-9,16H,2,10-12H2,1H3. The van der Waals surface area contributed by atoms with Crippen LogP contribution in [0.2, 0.25) is 5.02 Å². The Morgan fingerprint density at radius 2 is 2.24 bits per heavy atom. The SMILES string of the molecule is CCC1CN(Cc2ccccn2)Cc2ccc(Cl)cc2O1. The van der Waals surface area contributed by atoms with E-state index in [-0.39, 0.29) is 6.10 Å². The van der Waals surface area contributed by atoms with E-state index in [0.29, 0.717) is 0 Å². The minimum absolute atomic E-state index is 0.188. The van der Waals surface area contributed by atoms with Crippen molar-refractivity contribution in [3.8, 4) is 5.75 Å². The summed E-state index contributed by atoms with van der Waals surface area (Å²) in [5, 5.41) is 0.724. The molecule has 4 heteroatoms. The van der Waals surface area contributed by atoms with E-state index in [2.05, 4.69) is 28.9 Å². The molecule has 0 amide bonds. The first-order valence-corrected chi connectivity index (χ1v) is 7.69. The summed E-state index contributed by atoms with van der Waals surface area (Å²) in [7, 11) is 0. The van der Waals surface area contributed by atoms with E-state index in [0.717, 1.165) is 42.5 Å². The summed E-state index contributed by atoms with van der Waals surface area (Å²) in [5.41, 5.74) is 2.27. The number of halogens is 1. The van der Waals surface area contributed by atoms with Crippen LogP contribution in [0.5, 0.6) is 5.75 Å². The van der Waals surface area contributed by atoms with Gasteiger partial charge in [0, 0.05) is 36.4 Å². The van der Waals surface area contributed by atoms with E-state index < -0.39 is 0 Å². The van der Waals surface area contributed by atoms with E-state index >= 15 is 0 Å². The molecule has 1 aromatic carbocycles. The van der Waals surface area contributed by atoms with Crippen LogP contribution in [-0.2, 0) is 13.1 Å². The van der Waals surface area contributed by atoms with Gasteiger partial charge in [-0.05, 0) is 30.7 Å². The minimum atomic E-state index is 0.188. The Kier molecular flexibility index (Phi) is 4.42. The van der Waals surface area contributed by atoms with Gasteiger partial charge in [-0.1, -0.05) is 30.7 Å². The predicted molar refractivity (Wildman–Crippen MR) is 84.5 cm³/mol. The highest BCUT2D eigenvalue weighted by atomic mass is 35.5. The molecule has 0 fully saturated rings. The van der Waals surface area contributed by atoms with Gasteiger partial charge < -0.3 is 4.74 Å². The van der Waals surface area contributed by atoms with Crippen molar-refractivity contribution in [3.05, 3.63) is 58.9 Å². The Balaban J connectivity index is 1.83. The first-order chi connectivity index (χ1) is 10.2. The van der Waals surface area contributed by atoms with Crippen LogP contribution in [0.15, 0.2) is 42.6 Å². The van der Waals surface area contributed by atoms with Gasteiger partial charge in [0.1, 0.15) is 11.9 Å². The van der Waals surface area contributed by atoms with Gasteiger partial charge in [0.15, 0.2) is 0 Å². The maximum Gasteiger partial charge on any atom is 0.125 e. The minimum Gasteiger partial charge on any atom is -0.489 e. The third kappa shape index (κ3) is 3.55. The fourth-order valence-corrected chi connectivity index (χ4v) is 2.79. The van der Waals surface area contributed by atoms with Crippen molar-refractivity contribution in [3.63, 3.8) is 0 Å². The zero-order valence-electron chi connectivity index (χ0n) is 12.1. The van der Waals surface area contributed by atoms with Crippen molar-refractivity contribution in [1.29, 1.82) is 0 Å². The summed E-state index contributed by atoms with van der Waals surface area (Å²) < 4.78 is 6.11. The Labute approximate surface area is 130 Å². The van der Waals surface area contributed by atoms with Crippen LogP contribution in [0.1, 0.15) is 24.6 Å². The molecule has 0 aliphatic carbocycles. The smallest absolute Gasteiger partial charge is 0.125 e. The van der Waals surface area contributed by atoms with Crippen LogP contribution in [0.4, 0.5) is 0 Å². The van der Waals surface area contributed by atoms with Gasteiger partial charge >= 0.3 is 0 Å². The quantitative estimate of drug-likeness (QED) is 0.859. The van der Waals surface area contributed by atoms with Gasteiger partial charge in [-0.2, -0.15) is 0 Å². The van der Waals surface area contributed by atoms with Crippen LogP contribution in [-0.4, -0.2) is 22.5 Å². The molecule has 21 heavy (non-hydrogen) atoms. The summed E-state index contributed by atoms with van der Waals surface area (Å²) >= 11 is 6.08. The maximum absolute atomic E-state index is 6.11. The summed E-state index contributed by atoms with van der Waals surface area (Å²) in [5.74, 6) is 0.915. The lowest BCUT2D eigenvalue weighted by Gasteiger charge is -2.22. The van der Waals surface area contributed by atoms with Crippen LogP contribution in [0.25, 0.3) is 0 Å². The average Bonchev–Trinajstić information content (AvgIpc) is 2.66. The third-order valence-corrected chi connectivity index (χ3v) is 3.98. The molecule has 1 unspecified atom stereocenters. The summed E-state index contributed by atoms with van der Waals surface area (Å²) in [6.45, 7) is 4.75. The highest BCUT2D eigenvalue weighted by molar-refractivity contribution is 6.30. The topological polar surface area (TPSA) is 25.4 Å². The number of hydrogen-bond donors (Lipinski definition) is 0. The first kappa shape index (κ1) is 14.4. The number of benzene rings is 1. The lowest BCUT2D eigenvalue weighted by atomic mass is 10.2. The van der Waals surface area contributed by atoms with Crippen LogP contribution < -0.4 is 4.74 Å². The van der Waals surface area contributed by atoms with Crippen LogP contribution >= 0.6 is 11.6 Å². The van der Waals surface area contributed by atoms with Crippen molar-refractivity contribution in [2.75, 3.05) is 6.54 Å². The number of nitrogens with zero attached hydrogens (tertiary/aromatic N) is 2. The molecule has 1 aromatic heterocycles. The van der Waals surface area contributed by atoms with E-state index in [1.807, 2.05) is 30.5 Å². The van der Waals surface area contributed by atoms with Gasteiger partial charge in [0.25, 0.3) is 0 Å². The molecule has 1 atom stereocenters. The molecular formula is C17H19ClN2O. The van der Waals surface area contributed by atoms with Crippen molar-refractivity contribution in [2.24, 2.45) is 0 Å². The van der Waals surface area contributed by atoms with E-state index in [1.165, 1.54) is 5.56 Å². The lowest BCUT2D eigenvalue weighted by molar-refractivity contribution is 0.138. The van der Waals surface area contributed by atoms with Crippen LogP contribution in [0, 0.1) is 0 Å². The number of ether oxygens (including phenoxy) is 1. The highest BCUT2D eigenvalue weighted by Crippen LogP contribution is 2.29. The molecule has 2 aromatic rings. The fourth-order valence-electron chi connectivity index (χ4n) is 2.63. The van der Waals surface area contributed by atoms with E-state index in [1.54, 1.807) is 0 Å². The molecule has 1 aliphatic heterocycles. The molecule has 110 valence electrons. The molecule has 3 rings (SSSR count). The molecule has 0 saturated heterocycles. The number of rotatable bonds is 3. The Hall–Kier alpha value is -1.58. The zero-order chi connectivity index (χ0) is 14.7. The largest absolute Gasteiger partial charge is 0.489 e. The molecule has 0 radical (unpaired) electrons. The molecule has 2 heterocycles.